The van der Waals surface area contributed by atoms with Gasteiger partial charge in [0.1, 0.15) is 21.4 Å². The van der Waals surface area contributed by atoms with Gasteiger partial charge in [-0.2, -0.15) is 0 Å². The van der Waals surface area contributed by atoms with Crippen molar-refractivity contribution < 1.29 is 26.0 Å². The highest BCUT2D eigenvalue weighted by atomic mass is 32.2. The lowest BCUT2D eigenvalue weighted by atomic mass is 10.3. The van der Waals surface area contributed by atoms with Gasteiger partial charge in [-0.1, -0.05) is 12.1 Å². The van der Waals surface area contributed by atoms with Crippen molar-refractivity contribution in [2.75, 3.05) is 25.4 Å². The minimum Gasteiger partial charge on any atom is -0.492 e. The summed E-state index contributed by atoms with van der Waals surface area (Å²) in [7, 11) is -5.41. The van der Waals surface area contributed by atoms with Crippen molar-refractivity contribution in [1.29, 1.82) is 0 Å². The van der Waals surface area contributed by atoms with E-state index in [1.54, 1.807) is 6.92 Å². The molecule has 10 heteroatoms. The Morgan fingerprint density at radius 1 is 1.04 bits per heavy atom. The lowest BCUT2D eigenvalue weighted by molar-refractivity contribution is 0.330. The molecule has 2 aromatic rings. The fourth-order valence-electron chi connectivity index (χ4n) is 2.12. The molecule has 0 spiro atoms. The first kappa shape index (κ1) is 20.1. The molecule has 0 radical (unpaired) electrons. The van der Waals surface area contributed by atoms with Crippen LogP contribution >= 0.6 is 0 Å². The number of benzene rings is 2. The number of ether oxygens (including phenoxy) is 1. The van der Waals surface area contributed by atoms with Gasteiger partial charge in [0.15, 0.2) is 0 Å². The van der Waals surface area contributed by atoms with Crippen molar-refractivity contribution >= 4 is 25.7 Å². The lowest BCUT2D eigenvalue weighted by Crippen LogP contribution is -2.23. The van der Waals surface area contributed by atoms with Crippen molar-refractivity contribution in [1.82, 2.24) is 4.31 Å². The Morgan fingerprint density at radius 2 is 1.69 bits per heavy atom. The van der Waals surface area contributed by atoms with Gasteiger partial charge in [0.25, 0.3) is 10.0 Å². The van der Waals surface area contributed by atoms with Crippen LogP contribution in [0.1, 0.15) is 6.92 Å². The van der Waals surface area contributed by atoms with E-state index in [1.165, 1.54) is 38.4 Å². The summed E-state index contributed by atoms with van der Waals surface area (Å²) in [5.74, 6) is -0.817. The molecule has 2 aromatic carbocycles. The summed E-state index contributed by atoms with van der Waals surface area (Å²) in [4.78, 5) is -0.732. The van der Waals surface area contributed by atoms with Crippen LogP contribution in [0.2, 0.25) is 0 Å². The quantitative estimate of drug-likeness (QED) is 0.767. The zero-order valence-electron chi connectivity index (χ0n) is 14.4. The Balaban J connectivity index is 2.51. The molecule has 0 atom stereocenters. The molecule has 0 aliphatic rings. The van der Waals surface area contributed by atoms with Crippen molar-refractivity contribution in [3.63, 3.8) is 0 Å². The zero-order chi connectivity index (χ0) is 19.5. The highest BCUT2D eigenvalue weighted by molar-refractivity contribution is 7.92. The Morgan fingerprint density at radius 3 is 2.27 bits per heavy atom. The SMILES string of the molecule is CCOc1ccc(NS(=O)(=O)c2ccccc2F)cc1S(=O)(=O)N(C)C. The third kappa shape index (κ3) is 4.14. The number of nitrogens with zero attached hydrogens (tertiary/aromatic N) is 1. The molecular weight excluding hydrogens is 383 g/mol. The van der Waals surface area contributed by atoms with Crippen LogP contribution in [0.5, 0.6) is 5.75 Å². The molecule has 0 aliphatic carbocycles. The van der Waals surface area contributed by atoms with Crippen molar-refractivity contribution in [2.24, 2.45) is 0 Å². The maximum Gasteiger partial charge on any atom is 0.264 e. The van der Waals surface area contributed by atoms with Gasteiger partial charge >= 0.3 is 0 Å². The first-order valence-electron chi connectivity index (χ1n) is 7.56. The van der Waals surface area contributed by atoms with Gasteiger partial charge in [-0.25, -0.2) is 25.5 Å². The summed E-state index contributed by atoms with van der Waals surface area (Å²) in [5, 5.41) is 0. The number of hydrogen-bond acceptors (Lipinski definition) is 5. The van der Waals surface area contributed by atoms with Crippen LogP contribution in [0.25, 0.3) is 0 Å². The maximum absolute atomic E-state index is 13.8. The van der Waals surface area contributed by atoms with Gasteiger partial charge in [-0.3, -0.25) is 4.72 Å². The van der Waals surface area contributed by atoms with Crippen molar-refractivity contribution in [3.05, 3.63) is 48.3 Å². The smallest absolute Gasteiger partial charge is 0.264 e. The summed E-state index contributed by atoms with van der Waals surface area (Å²) in [6.07, 6.45) is 0. The Bertz CT molecular complexity index is 1010. The van der Waals surface area contributed by atoms with E-state index >= 15 is 0 Å². The number of nitrogens with one attached hydrogen (secondary N) is 1. The van der Waals surface area contributed by atoms with E-state index in [-0.39, 0.29) is 22.9 Å². The minimum atomic E-state index is -4.23. The first-order chi connectivity index (χ1) is 12.1. The fraction of sp³-hybridized carbons (Fsp3) is 0.250. The molecule has 0 amide bonds. The molecule has 2 rings (SSSR count). The second kappa shape index (κ2) is 7.60. The largest absolute Gasteiger partial charge is 0.492 e. The predicted molar refractivity (Wildman–Crippen MR) is 95.7 cm³/mol. The van der Waals surface area contributed by atoms with Crippen LogP contribution in [0.15, 0.2) is 52.3 Å². The van der Waals surface area contributed by atoms with Crippen LogP contribution in [-0.2, 0) is 20.0 Å². The molecule has 0 aromatic heterocycles. The first-order valence-corrected chi connectivity index (χ1v) is 10.5. The van der Waals surface area contributed by atoms with Gasteiger partial charge in [-0.15, -0.1) is 0 Å². The van der Waals surface area contributed by atoms with Crippen LogP contribution in [0, 0.1) is 5.82 Å². The number of hydrogen-bond donors (Lipinski definition) is 1. The third-order valence-electron chi connectivity index (χ3n) is 3.38. The third-order valence-corrected chi connectivity index (χ3v) is 6.63. The normalized spacial score (nSPS) is 12.2. The second-order valence-electron chi connectivity index (χ2n) is 5.42. The standard InChI is InChI=1S/C16H19FN2O5S2/c1-4-24-14-10-9-12(11-16(14)26(22,23)19(2)3)18-25(20,21)15-8-6-5-7-13(15)17/h5-11,18H,4H2,1-3H3. The molecule has 0 aliphatic heterocycles. The van der Waals surface area contributed by atoms with Crippen LogP contribution < -0.4 is 9.46 Å². The monoisotopic (exact) mass is 402 g/mol. The Labute approximate surface area is 152 Å². The van der Waals surface area contributed by atoms with E-state index in [0.29, 0.717) is 0 Å². The molecule has 142 valence electrons. The summed E-state index contributed by atoms with van der Waals surface area (Å²) in [5.41, 5.74) is -0.0304. The maximum atomic E-state index is 13.8. The number of sulfonamides is 2. The summed E-state index contributed by atoms with van der Waals surface area (Å²) in [6, 6.07) is 8.72. The molecule has 0 heterocycles. The number of halogens is 1. The van der Waals surface area contributed by atoms with Gasteiger partial charge in [0.2, 0.25) is 10.0 Å². The van der Waals surface area contributed by atoms with Gasteiger partial charge in [0.05, 0.1) is 12.3 Å². The van der Waals surface area contributed by atoms with Crippen LogP contribution in [0.3, 0.4) is 0 Å². The van der Waals surface area contributed by atoms with Crippen LogP contribution in [0.4, 0.5) is 10.1 Å². The average Bonchev–Trinajstić information content (AvgIpc) is 2.56. The Hall–Kier alpha value is -2.17. The van der Waals surface area contributed by atoms with Crippen molar-refractivity contribution in [2.45, 2.75) is 16.7 Å². The summed E-state index contributed by atoms with van der Waals surface area (Å²) < 4.78 is 72.0. The molecule has 0 bridgehead atoms. The van der Waals surface area contributed by atoms with Gasteiger partial charge in [0, 0.05) is 14.1 Å². The topological polar surface area (TPSA) is 92.8 Å². The summed E-state index contributed by atoms with van der Waals surface area (Å²) in [6.45, 7) is 1.93. The number of anilines is 1. The van der Waals surface area contributed by atoms with Gasteiger partial charge < -0.3 is 4.74 Å². The molecule has 26 heavy (non-hydrogen) atoms. The van der Waals surface area contributed by atoms with E-state index in [9.17, 15) is 21.2 Å². The molecule has 7 nitrogen and oxygen atoms in total. The Kier molecular flexibility index (Phi) is 5.89. The van der Waals surface area contributed by atoms with Crippen LogP contribution in [-0.4, -0.2) is 41.8 Å². The summed E-state index contributed by atoms with van der Waals surface area (Å²) >= 11 is 0. The molecule has 0 saturated heterocycles. The van der Waals surface area contributed by atoms with E-state index < -0.39 is 30.8 Å². The average molecular weight is 402 g/mol. The molecule has 1 N–H and O–H groups in total. The zero-order valence-corrected chi connectivity index (χ0v) is 16.1. The molecule has 0 unspecified atom stereocenters. The fourth-order valence-corrected chi connectivity index (χ4v) is 4.30. The second-order valence-corrected chi connectivity index (χ2v) is 9.19. The number of rotatable bonds is 7. The molecule has 0 fully saturated rings. The minimum absolute atomic E-state index is 0.0304. The predicted octanol–water partition coefficient (Wildman–Crippen LogP) is 2.28. The van der Waals surface area contributed by atoms with E-state index in [2.05, 4.69) is 4.72 Å². The lowest BCUT2D eigenvalue weighted by Gasteiger charge is -2.17. The highest BCUT2D eigenvalue weighted by Crippen LogP contribution is 2.30. The molecule has 0 saturated carbocycles. The van der Waals surface area contributed by atoms with E-state index in [1.807, 2.05) is 0 Å². The van der Waals surface area contributed by atoms with Crippen molar-refractivity contribution in [3.8, 4) is 5.75 Å². The molecular formula is C16H19FN2O5S2. The van der Waals surface area contributed by atoms with E-state index in [4.69, 9.17) is 4.74 Å². The van der Waals surface area contributed by atoms with E-state index in [0.717, 1.165) is 22.5 Å². The highest BCUT2D eigenvalue weighted by Gasteiger charge is 2.25. The van der Waals surface area contributed by atoms with Gasteiger partial charge in [-0.05, 0) is 37.3 Å².